The average Bonchev–Trinajstić information content (AvgIpc) is 3.27. The smallest absolute Gasteiger partial charge is 0.291 e. The zero-order valence-electron chi connectivity index (χ0n) is 15.6. The van der Waals surface area contributed by atoms with Crippen molar-refractivity contribution in [1.82, 2.24) is 4.90 Å². The Bertz CT molecular complexity index is 890. The minimum atomic E-state index is -0.338. The number of nitrogens with zero attached hydrogens (tertiary/aromatic N) is 1. The van der Waals surface area contributed by atoms with Gasteiger partial charge in [-0.05, 0) is 42.0 Å². The lowest BCUT2D eigenvalue weighted by Gasteiger charge is -2.23. The number of ether oxygens (including phenoxy) is 1. The third-order valence-electron chi connectivity index (χ3n) is 4.20. The molecule has 0 bridgehead atoms. The Morgan fingerprint density at radius 3 is 2.39 bits per heavy atom. The van der Waals surface area contributed by atoms with E-state index in [1.807, 2.05) is 30.3 Å². The quantitative estimate of drug-likeness (QED) is 0.647. The molecule has 0 atom stereocenters. The molecule has 0 saturated carbocycles. The summed E-state index contributed by atoms with van der Waals surface area (Å²) in [5.74, 6) is -0.201. The first-order chi connectivity index (χ1) is 13.7. The summed E-state index contributed by atoms with van der Waals surface area (Å²) in [5, 5.41) is 2.74. The molecule has 0 fully saturated rings. The fraction of sp³-hybridized carbons (Fsp3) is 0.182. The molecular formula is C22H22N2O4. The number of benzene rings is 2. The Morgan fingerprint density at radius 2 is 1.75 bits per heavy atom. The van der Waals surface area contributed by atoms with Crippen molar-refractivity contribution in [3.8, 4) is 0 Å². The lowest BCUT2D eigenvalue weighted by atomic mass is 10.1. The molecule has 0 aliphatic carbocycles. The van der Waals surface area contributed by atoms with Gasteiger partial charge in [0.25, 0.3) is 11.8 Å². The highest BCUT2D eigenvalue weighted by atomic mass is 16.5. The Hall–Kier alpha value is -3.38. The van der Waals surface area contributed by atoms with Crippen LogP contribution in [0.3, 0.4) is 0 Å². The molecule has 1 heterocycles. The third kappa shape index (κ3) is 5.08. The second-order valence-electron chi connectivity index (χ2n) is 6.21. The topological polar surface area (TPSA) is 71.8 Å². The number of carbonyl (C=O) groups is 2. The van der Waals surface area contributed by atoms with Gasteiger partial charge in [0.2, 0.25) is 0 Å². The molecule has 6 nitrogen and oxygen atoms in total. The van der Waals surface area contributed by atoms with E-state index < -0.39 is 0 Å². The van der Waals surface area contributed by atoms with Crippen molar-refractivity contribution >= 4 is 17.5 Å². The van der Waals surface area contributed by atoms with Crippen LogP contribution in [-0.2, 0) is 11.3 Å². The van der Waals surface area contributed by atoms with E-state index in [-0.39, 0.29) is 17.6 Å². The van der Waals surface area contributed by atoms with E-state index in [0.29, 0.717) is 30.9 Å². The summed E-state index contributed by atoms with van der Waals surface area (Å²) in [4.78, 5) is 26.7. The van der Waals surface area contributed by atoms with E-state index in [1.54, 1.807) is 48.4 Å². The number of methoxy groups -OCH3 is 1. The SMILES string of the molecule is COCCN(Cc1ccccc1)C(=O)c1ccc(NC(=O)c2ccco2)cc1. The lowest BCUT2D eigenvalue weighted by molar-refractivity contribution is 0.0680. The highest BCUT2D eigenvalue weighted by molar-refractivity contribution is 6.02. The van der Waals surface area contributed by atoms with Gasteiger partial charge in [-0.15, -0.1) is 0 Å². The Balaban J connectivity index is 1.69. The Morgan fingerprint density at radius 1 is 1.00 bits per heavy atom. The van der Waals surface area contributed by atoms with Crippen LogP contribution in [0.5, 0.6) is 0 Å². The standard InChI is InChI=1S/C22H22N2O4/c1-27-15-13-24(16-17-6-3-2-4-7-17)22(26)18-9-11-19(12-10-18)23-21(25)20-8-5-14-28-20/h2-12,14H,13,15-16H2,1H3,(H,23,25). The summed E-state index contributed by atoms with van der Waals surface area (Å²) in [6.07, 6.45) is 1.44. The minimum absolute atomic E-state index is 0.0928. The summed E-state index contributed by atoms with van der Waals surface area (Å²) >= 11 is 0. The molecule has 1 aromatic heterocycles. The van der Waals surface area contributed by atoms with Gasteiger partial charge in [0.05, 0.1) is 12.9 Å². The number of amides is 2. The minimum Gasteiger partial charge on any atom is -0.459 e. The first-order valence-corrected chi connectivity index (χ1v) is 8.94. The second-order valence-corrected chi connectivity index (χ2v) is 6.21. The lowest BCUT2D eigenvalue weighted by Crippen LogP contribution is -2.33. The van der Waals surface area contributed by atoms with Crippen LogP contribution in [0.4, 0.5) is 5.69 Å². The number of carbonyl (C=O) groups excluding carboxylic acids is 2. The molecule has 144 valence electrons. The molecule has 0 aliphatic rings. The first kappa shape index (κ1) is 19.4. The van der Waals surface area contributed by atoms with Gasteiger partial charge >= 0.3 is 0 Å². The van der Waals surface area contributed by atoms with Gasteiger partial charge in [-0.25, -0.2) is 0 Å². The van der Waals surface area contributed by atoms with Crippen molar-refractivity contribution in [2.24, 2.45) is 0 Å². The number of hydrogen-bond donors (Lipinski definition) is 1. The normalized spacial score (nSPS) is 10.5. The molecule has 6 heteroatoms. The van der Waals surface area contributed by atoms with Crippen LogP contribution in [0.2, 0.25) is 0 Å². The van der Waals surface area contributed by atoms with Crippen molar-refractivity contribution in [1.29, 1.82) is 0 Å². The van der Waals surface area contributed by atoms with E-state index in [0.717, 1.165) is 5.56 Å². The molecule has 0 saturated heterocycles. The molecule has 0 spiro atoms. The Labute approximate surface area is 163 Å². The predicted molar refractivity (Wildman–Crippen MR) is 106 cm³/mol. The van der Waals surface area contributed by atoms with Crippen molar-refractivity contribution < 1.29 is 18.7 Å². The fourth-order valence-corrected chi connectivity index (χ4v) is 2.74. The summed E-state index contributed by atoms with van der Waals surface area (Å²) in [5.41, 5.74) is 2.18. The number of anilines is 1. The summed E-state index contributed by atoms with van der Waals surface area (Å²) in [6, 6.07) is 19.9. The van der Waals surface area contributed by atoms with Crippen LogP contribution >= 0.6 is 0 Å². The van der Waals surface area contributed by atoms with Crippen LogP contribution in [0, 0.1) is 0 Å². The maximum absolute atomic E-state index is 12.9. The van der Waals surface area contributed by atoms with Gasteiger partial charge in [0.15, 0.2) is 5.76 Å². The highest BCUT2D eigenvalue weighted by Crippen LogP contribution is 2.15. The fourth-order valence-electron chi connectivity index (χ4n) is 2.74. The van der Waals surface area contributed by atoms with Crippen molar-refractivity contribution in [2.45, 2.75) is 6.54 Å². The van der Waals surface area contributed by atoms with Gasteiger partial charge in [0.1, 0.15) is 0 Å². The molecule has 3 aromatic rings. The van der Waals surface area contributed by atoms with Crippen molar-refractivity contribution in [3.63, 3.8) is 0 Å². The molecule has 2 amide bonds. The Kier molecular flexibility index (Phi) is 6.59. The summed E-state index contributed by atoms with van der Waals surface area (Å²) in [6.45, 7) is 1.44. The monoisotopic (exact) mass is 378 g/mol. The van der Waals surface area contributed by atoms with E-state index in [2.05, 4.69) is 5.32 Å². The molecule has 1 N–H and O–H groups in total. The third-order valence-corrected chi connectivity index (χ3v) is 4.20. The molecule has 0 radical (unpaired) electrons. The van der Waals surface area contributed by atoms with Gasteiger partial charge in [-0.3, -0.25) is 9.59 Å². The number of furan rings is 1. The summed E-state index contributed by atoms with van der Waals surface area (Å²) < 4.78 is 10.2. The average molecular weight is 378 g/mol. The van der Waals surface area contributed by atoms with Crippen LogP contribution in [0.1, 0.15) is 26.5 Å². The van der Waals surface area contributed by atoms with Crippen LogP contribution in [0.25, 0.3) is 0 Å². The maximum Gasteiger partial charge on any atom is 0.291 e. The van der Waals surface area contributed by atoms with Crippen LogP contribution in [-0.4, -0.2) is 37.0 Å². The second kappa shape index (κ2) is 9.53. The molecule has 0 aliphatic heterocycles. The highest BCUT2D eigenvalue weighted by Gasteiger charge is 2.16. The molecule has 2 aromatic carbocycles. The number of hydrogen-bond acceptors (Lipinski definition) is 4. The molecule has 28 heavy (non-hydrogen) atoms. The van der Waals surface area contributed by atoms with E-state index in [9.17, 15) is 9.59 Å². The van der Waals surface area contributed by atoms with Gasteiger partial charge in [0, 0.05) is 31.5 Å². The van der Waals surface area contributed by atoms with Crippen LogP contribution < -0.4 is 5.32 Å². The largest absolute Gasteiger partial charge is 0.459 e. The predicted octanol–water partition coefficient (Wildman–Crippen LogP) is 3.82. The number of nitrogens with one attached hydrogen (secondary N) is 1. The van der Waals surface area contributed by atoms with E-state index in [4.69, 9.17) is 9.15 Å². The maximum atomic E-state index is 12.9. The molecular weight excluding hydrogens is 356 g/mol. The van der Waals surface area contributed by atoms with E-state index >= 15 is 0 Å². The van der Waals surface area contributed by atoms with Gasteiger partial charge in [-0.2, -0.15) is 0 Å². The molecule has 0 unspecified atom stereocenters. The van der Waals surface area contributed by atoms with Crippen molar-refractivity contribution in [3.05, 3.63) is 89.9 Å². The van der Waals surface area contributed by atoms with Crippen LogP contribution in [0.15, 0.2) is 77.4 Å². The number of rotatable bonds is 8. The zero-order chi connectivity index (χ0) is 19.8. The summed E-state index contributed by atoms with van der Waals surface area (Å²) in [7, 11) is 1.61. The molecule has 3 rings (SSSR count). The van der Waals surface area contributed by atoms with Gasteiger partial charge < -0.3 is 19.4 Å². The zero-order valence-corrected chi connectivity index (χ0v) is 15.6. The van der Waals surface area contributed by atoms with E-state index in [1.165, 1.54) is 6.26 Å². The first-order valence-electron chi connectivity index (χ1n) is 8.94. The van der Waals surface area contributed by atoms with Crippen molar-refractivity contribution in [2.75, 3.05) is 25.6 Å². The van der Waals surface area contributed by atoms with Gasteiger partial charge in [-0.1, -0.05) is 30.3 Å².